The smallest absolute Gasteiger partial charge is 0.242 e. The van der Waals surface area contributed by atoms with Crippen molar-refractivity contribution < 1.29 is 4.79 Å². The lowest BCUT2D eigenvalue weighted by atomic mass is 10.2. The summed E-state index contributed by atoms with van der Waals surface area (Å²) in [6.07, 6.45) is 0. The van der Waals surface area contributed by atoms with Gasteiger partial charge in [-0.05, 0) is 55.8 Å². The highest BCUT2D eigenvalue weighted by Crippen LogP contribution is 2.31. The van der Waals surface area contributed by atoms with Gasteiger partial charge in [0.1, 0.15) is 10.4 Å². The molecule has 0 radical (unpaired) electrons. The molecule has 3 nitrogen and oxygen atoms in total. The van der Waals surface area contributed by atoms with E-state index in [-0.39, 0.29) is 5.91 Å². The number of amides is 1. The number of fused-ring (bicyclic) bond motifs is 1. The van der Waals surface area contributed by atoms with E-state index in [2.05, 4.69) is 29.4 Å². The molecule has 22 heavy (non-hydrogen) atoms. The number of nitrogens with zero attached hydrogens (tertiary/aromatic N) is 1. The Balaban J connectivity index is 1.86. The lowest BCUT2D eigenvalue weighted by molar-refractivity contribution is -0.115. The zero-order chi connectivity index (χ0) is 15.7. The Morgan fingerprint density at radius 2 is 1.95 bits per heavy atom. The molecule has 1 amide bonds. The fraction of sp³-hybridized carbons (Fsp3) is 0.176. The fourth-order valence-corrected chi connectivity index (χ4v) is 3.22. The van der Waals surface area contributed by atoms with Gasteiger partial charge in [0, 0.05) is 11.3 Å². The second kappa shape index (κ2) is 6.07. The Morgan fingerprint density at radius 1 is 1.23 bits per heavy atom. The van der Waals surface area contributed by atoms with Crippen LogP contribution in [0, 0.1) is 6.92 Å². The summed E-state index contributed by atoms with van der Waals surface area (Å²) in [7, 11) is 0. The molecule has 1 aromatic heterocycles. The van der Waals surface area contributed by atoms with Crippen LogP contribution in [0.2, 0.25) is 0 Å². The zero-order valence-corrected chi connectivity index (χ0v) is 13.8. The first-order valence-electron chi connectivity index (χ1n) is 6.95. The Kier molecular flexibility index (Phi) is 4.14. The Morgan fingerprint density at radius 3 is 2.64 bits per heavy atom. The maximum absolute atomic E-state index is 11.6. The minimum atomic E-state index is -0.549. The van der Waals surface area contributed by atoms with E-state index in [1.165, 1.54) is 10.3 Å². The number of hydrogen-bond donors (Lipinski definition) is 1. The highest BCUT2D eigenvalue weighted by Gasteiger charge is 2.10. The Labute approximate surface area is 138 Å². The maximum atomic E-state index is 11.6. The van der Waals surface area contributed by atoms with Gasteiger partial charge in [-0.15, -0.1) is 22.9 Å². The Hall–Kier alpha value is -1.91. The highest BCUT2D eigenvalue weighted by atomic mass is 35.5. The molecule has 1 N–H and O–H groups in total. The first kappa shape index (κ1) is 15.0. The molecule has 0 aliphatic rings. The average molecular weight is 331 g/mol. The van der Waals surface area contributed by atoms with Gasteiger partial charge in [-0.1, -0.05) is 6.07 Å². The van der Waals surface area contributed by atoms with Gasteiger partial charge in [-0.25, -0.2) is 4.98 Å². The lowest BCUT2D eigenvalue weighted by Gasteiger charge is -2.06. The van der Waals surface area contributed by atoms with Crippen LogP contribution in [-0.4, -0.2) is 16.3 Å². The van der Waals surface area contributed by atoms with Crippen LogP contribution in [0.3, 0.4) is 0 Å². The summed E-state index contributed by atoms with van der Waals surface area (Å²) in [6.45, 7) is 3.72. The SMILES string of the molecule is Cc1ccc2nc(-c3ccc(NC(=O)C(C)Cl)cc3)sc2c1. The van der Waals surface area contributed by atoms with E-state index >= 15 is 0 Å². The van der Waals surface area contributed by atoms with Crippen molar-refractivity contribution in [3.8, 4) is 10.6 Å². The fourth-order valence-electron chi connectivity index (χ4n) is 2.09. The highest BCUT2D eigenvalue weighted by molar-refractivity contribution is 7.21. The van der Waals surface area contributed by atoms with Crippen molar-refractivity contribution in [2.75, 3.05) is 5.32 Å². The van der Waals surface area contributed by atoms with Gasteiger partial charge >= 0.3 is 0 Å². The third-order valence-corrected chi connectivity index (χ3v) is 4.57. The first-order valence-corrected chi connectivity index (χ1v) is 8.21. The van der Waals surface area contributed by atoms with E-state index in [1.54, 1.807) is 18.3 Å². The molecule has 1 heterocycles. The second-order valence-corrected chi connectivity index (χ2v) is 6.86. The number of anilines is 1. The van der Waals surface area contributed by atoms with Gasteiger partial charge in [0.25, 0.3) is 0 Å². The summed E-state index contributed by atoms with van der Waals surface area (Å²) in [5, 5.41) is 3.19. The zero-order valence-electron chi connectivity index (χ0n) is 12.3. The normalized spacial score (nSPS) is 12.3. The summed E-state index contributed by atoms with van der Waals surface area (Å²) in [5.74, 6) is -0.204. The van der Waals surface area contributed by atoms with Crippen molar-refractivity contribution >= 4 is 44.7 Å². The molecule has 2 aromatic carbocycles. The van der Waals surface area contributed by atoms with Crippen molar-refractivity contribution in [2.24, 2.45) is 0 Å². The summed E-state index contributed by atoms with van der Waals surface area (Å²) in [5.41, 5.74) is 4.02. The standard InChI is InChI=1S/C17H15ClN2OS/c1-10-3-8-14-15(9-10)22-17(20-14)12-4-6-13(7-5-12)19-16(21)11(2)18/h3-9,11H,1-2H3,(H,19,21). The van der Waals surface area contributed by atoms with Crippen molar-refractivity contribution in [2.45, 2.75) is 19.2 Å². The number of benzene rings is 2. The summed E-state index contributed by atoms with van der Waals surface area (Å²) in [4.78, 5) is 16.2. The van der Waals surface area contributed by atoms with E-state index < -0.39 is 5.38 Å². The van der Waals surface area contributed by atoms with Gasteiger partial charge in [-0.2, -0.15) is 0 Å². The molecule has 1 atom stereocenters. The number of nitrogens with one attached hydrogen (secondary N) is 1. The molecule has 112 valence electrons. The van der Waals surface area contributed by atoms with Crippen LogP contribution in [0.1, 0.15) is 12.5 Å². The van der Waals surface area contributed by atoms with E-state index in [1.807, 2.05) is 30.3 Å². The van der Waals surface area contributed by atoms with Crippen LogP contribution in [0.25, 0.3) is 20.8 Å². The largest absolute Gasteiger partial charge is 0.325 e. The van der Waals surface area contributed by atoms with Crippen LogP contribution in [0.5, 0.6) is 0 Å². The van der Waals surface area contributed by atoms with Crippen LogP contribution >= 0.6 is 22.9 Å². The number of hydrogen-bond acceptors (Lipinski definition) is 3. The summed E-state index contributed by atoms with van der Waals surface area (Å²) < 4.78 is 1.18. The molecule has 3 aromatic rings. The molecule has 0 saturated heterocycles. The van der Waals surface area contributed by atoms with Crippen molar-refractivity contribution in [3.63, 3.8) is 0 Å². The van der Waals surface area contributed by atoms with Crippen molar-refractivity contribution in [3.05, 3.63) is 48.0 Å². The number of thiazole rings is 1. The van der Waals surface area contributed by atoms with Crippen LogP contribution in [-0.2, 0) is 4.79 Å². The van der Waals surface area contributed by atoms with E-state index in [9.17, 15) is 4.79 Å². The molecular formula is C17H15ClN2OS. The van der Waals surface area contributed by atoms with Gasteiger partial charge in [0.15, 0.2) is 0 Å². The molecule has 0 aliphatic heterocycles. The summed E-state index contributed by atoms with van der Waals surface area (Å²) in [6, 6.07) is 13.9. The first-order chi connectivity index (χ1) is 10.5. The second-order valence-electron chi connectivity index (χ2n) is 5.17. The van der Waals surface area contributed by atoms with Gasteiger partial charge < -0.3 is 5.32 Å². The predicted octanol–water partition coefficient (Wildman–Crippen LogP) is 4.84. The minimum absolute atomic E-state index is 0.204. The molecule has 0 spiro atoms. The van der Waals surface area contributed by atoms with Gasteiger partial charge in [0.05, 0.1) is 10.2 Å². The molecule has 0 fully saturated rings. The third-order valence-electron chi connectivity index (χ3n) is 3.30. The third kappa shape index (κ3) is 3.13. The predicted molar refractivity (Wildman–Crippen MR) is 93.7 cm³/mol. The van der Waals surface area contributed by atoms with Gasteiger partial charge in [-0.3, -0.25) is 4.79 Å². The molecule has 1 unspecified atom stereocenters. The van der Waals surface area contributed by atoms with Crippen LogP contribution in [0.15, 0.2) is 42.5 Å². The number of alkyl halides is 1. The van der Waals surface area contributed by atoms with Crippen LogP contribution in [0.4, 0.5) is 5.69 Å². The number of halogens is 1. The molecule has 3 rings (SSSR count). The van der Waals surface area contributed by atoms with Crippen LogP contribution < -0.4 is 5.32 Å². The monoisotopic (exact) mass is 330 g/mol. The molecule has 0 aliphatic carbocycles. The number of rotatable bonds is 3. The number of carbonyl (C=O) groups excluding carboxylic acids is 1. The Bertz CT molecular complexity index is 824. The average Bonchev–Trinajstić information content (AvgIpc) is 2.90. The summed E-state index contributed by atoms with van der Waals surface area (Å²) >= 11 is 7.41. The number of aryl methyl sites for hydroxylation is 1. The number of aromatic nitrogens is 1. The number of carbonyl (C=O) groups is 1. The molecule has 0 saturated carbocycles. The van der Waals surface area contributed by atoms with Crippen molar-refractivity contribution in [1.29, 1.82) is 0 Å². The topological polar surface area (TPSA) is 42.0 Å². The molecule has 5 heteroatoms. The van der Waals surface area contributed by atoms with E-state index in [0.717, 1.165) is 21.8 Å². The quantitative estimate of drug-likeness (QED) is 0.698. The minimum Gasteiger partial charge on any atom is -0.325 e. The van der Waals surface area contributed by atoms with Gasteiger partial charge in [0.2, 0.25) is 5.91 Å². The van der Waals surface area contributed by atoms with E-state index in [4.69, 9.17) is 11.6 Å². The molecular weight excluding hydrogens is 316 g/mol. The maximum Gasteiger partial charge on any atom is 0.242 e. The van der Waals surface area contributed by atoms with Crippen molar-refractivity contribution in [1.82, 2.24) is 4.98 Å². The van der Waals surface area contributed by atoms with E-state index in [0.29, 0.717) is 0 Å². The lowest BCUT2D eigenvalue weighted by Crippen LogP contribution is -2.20. The molecule has 0 bridgehead atoms.